The van der Waals surface area contributed by atoms with Crippen LogP contribution in [0.15, 0.2) is 82.8 Å². The van der Waals surface area contributed by atoms with E-state index in [1.54, 1.807) is 18.2 Å². The predicted octanol–water partition coefficient (Wildman–Crippen LogP) is 5.85. The zero-order chi connectivity index (χ0) is 25.9. The van der Waals surface area contributed by atoms with Crippen LogP contribution < -0.4 is 9.73 Å². The predicted molar refractivity (Wildman–Crippen MR) is 145 cm³/mol. The minimum Gasteiger partial charge on any atom is -0.271 e. The molecule has 4 rings (SSSR count). The summed E-state index contributed by atoms with van der Waals surface area (Å²) < 4.78 is 27.8. The van der Waals surface area contributed by atoms with E-state index in [0.717, 1.165) is 20.8 Å². The highest BCUT2D eigenvalue weighted by Gasteiger charge is 2.27. The molecule has 184 valence electrons. The van der Waals surface area contributed by atoms with Gasteiger partial charge in [0.25, 0.3) is 15.9 Å². The van der Waals surface area contributed by atoms with Crippen LogP contribution in [0.5, 0.6) is 0 Å². The van der Waals surface area contributed by atoms with E-state index in [2.05, 4.69) is 15.5 Å². The number of benzene rings is 3. The summed E-state index contributed by atoms with van der Waals surface area (Å²) in [6.45, 7) is 1.27. The minimum atomic E-state index is -4.14. The van der Waals surface area contributed by atoms with Gasteiger partial charge in [-0.1, -0.05) is 70.7 Å². The van der Waals surface area contributed by atoms with E-state index in [1.807, 2.05) is 31.2 Å². The lowest BCUT2D eigenvalue weighted by Gasteiger charge is -2.24. The van der Waals surface area contributed by atoms with Crippen molar-refractivity contribution in [1.82, 2.24) is 10.4 Å². The molecule has 0 saturated carbocycles. The SMILES string of the molecule is Cc1ccc(S(=O)(=O)N(CC(=O)N/N=C/c2cc3ccccc3nc2Cl)c2cc(Cl)cc(Cl)c2)cc1. The van der Waals surface area contributed by atoms with Gasteiger partial charge in [0.2, 0.25) is 0 Å². The summed E-state index contributed by atoms with van der Waals surface area (Å²) >= 11 is 18.4. The number of hydrogen-bond acceptors (Lipinski definition) is 5. The zero-order valence-corrected chi connectivity index (χ0v) is 21.9. The third-order valence-corrected chi connectivity index (χ3v) is 7.66. The molecule has 0 aliphatic rings. The van der Waals surface area contributed by atoms with Crippen molar-refractivity contribution in [3.05, 3.63) is 99.1 Å². The number of hydrogen-bond donors (Lipinski definition) is 1. The number of carbonyl (C=O) groups excluding carboxylic acids is 1. The number of nitrogens with one attached hydrogen (secondary N) is 1. The number of halogens is 3. The van der Waals surface area contributed by atoms with E-state index in [-0.39, 0.29) is 25.8 Å². The number of hydrazone groups is 1. The third kappa shape index (κ3) is 5.96. The Hall–Kier alpha value is -3.17. The number of amides is 1. The molecule has 3 aromatic carbocycles. The number of carbonyl (C=O) groups is 1. The van der Waals surface area contributed by atoms with Crippen LogP contribution in [0.3, 0.4) is 0 Å². The monoisotopic (exact) mass is 560 g/mol. The molecule has 0 saturated heterocycles. The van der Waals surface area contributed by atoms with Crippen LogP contribution >= 0.6 is 34.8 Å². The highest BCUT2D eigenvalue weighted by atomic mass is 35.5. The van der Waals surface area contributed by atoms with Crippen molar-refractivity contribution in [2.45, 2.75) is 11.8 Å². The molecule has 0 aliphatic carbocycles. The first-order valence-corrected chi connectivity index (χ1v) is 13.1. The Morgan fingerprint density at radius 1 is 1.00 bits per heavy atom. The highest BCUT2D eigenvalue weighted by molar-refractivity contribution is 7.92. The normalized spacial score (nSPS) is 11.7. The lowest BCUT2D eigenvalue weighted by Crippen LogP contribution is -2.39. The maximum atomic E-state index is 13.5. The summed E-state index contributed by atoms with van der Waals surface area (Å²) in [5.41, 5.74) is 4.57. The van der Waals surface area contributed by atoms with Crippen LogP contribution in [0.2, 0.25) is 15.2 Å². The van der Waals surface area contributed by atoms with Crippen molar-refractivity contribution in [3.8, 4) is 0 Å². The molecule has 0 radical (unpaired) electrons. The van der Waals surface area contributed by atoms with E-state index in [1.165, 1.54) is 36.5 Å². The number of para-hydroxylation sites is 1. The first-order chi connectivity index (χ1) is 17.1. The molecule has 7 nitrogen and oxygen atoms in total. The number of anilines is 1. The van der Waals surface area contributed by atoms with E-state index >= 15 is 0 Å². The van der Waals surface area contributed by atoms with Crippen molar-refractivity contribution < 1.29 is 13.2 Å². The van der Waals surface area contributed by atoms with Crippen LogP contribution in [-0.2, 0) is 14.8 Å². The van der Waals surface area contributed by atoms with E-state index in [9.17, 15) is 13.2 Å². The van der Waals surface area contributed by atoms with E-state index in [4.69, 9.17) is 34.8 Å². The third-order valence-electron chi connectivity index (χ3n) is 5.13. The van der Waals surface area contributed by atoms with Crippen LogP contribution in [0.1, 0.15) is 11.1 Å². The Labute approximate surface area is 223 Å². The number of rotatable bonds is 7. The largest absolute Gasteiger partial charge is 0.271 e. The maximum absolute atomic E-state index is 13.5. The highest BCUT2D eigenvalue weighted by Crippen LogP contribution is 2.29. The summed E-state index contributed by atoms with van der Waals surface area (Å²) in [4.78, 5) is 17.1. The average Bonchev–Trinajstić information content (AvgIpc) is 2.82. The zero-order valence-electron chi connectivity index (χ0n) is 18.8. The first kappa shape index (κ1) is 25.9. The van der Waals surface area contributed by atoms with Gasteiger partial charge in [0.15, 0.2) is 0 Å². The summed E-state index contributed by atoms with van der Waals surface area (Å²) in [7, 11) is -4.14. The second kappa shape index (κ2) is 10.8. The molecule has 0 fully saturated rings. The molecule has 1 amide bonds. The quantitative estimate of drug-likeness (QED) is 0.174. The van der Waals surface area contributed by atoms with Gasteiger partial charge in [-0.3, -0.25) is 9.10 Å². The molecule has 1 heterocycles. The van der Waals surface area contributed by atoms with Crippen molar-refractivity contribution in [3.63, 3.8) is 0 Å². The molecule has 0 atom stereocenters. The van der Waals surface area contributed by atoms with Crippen LogP contribution in [0.25, 0.3) is 10.9 Å². The van der Waals surface area contributed by atoms with Gasteiger partial charge in [-0.15, -0.1) is 0 Å². The summed E-state index contributed by atoms with van der Waals surface area (Å²) in [5.74, 6) is -0.692. The number of aromatic nitrogens is 1. The molecule has 1 N–H and O–H groups in total. The number of nitrogens with zero attached hydrogens (tertiary/aromatic N) is 3. The summed E-state index contributed by atoms with van der Waals surface area (Å²) in [5, 5.41) is 5.44. The average molecular weight is 562 g/mol. The van der Waals surface area contributed by atoms with E-state index < -0.39 is 22.5 Å². The topological polar surface area (TPSA) is 91.7 Å². The first-order valence-electron chi connectivity index (χ1n) is 10.6. The molecular formula is C25H19Cl3N4O3S. The smallest absolute Gasteiger partial charge is 0.264 e. The molecule has 0 spiro atoms. The van der Waals surface area contributed by atoms with Crippen LogP contribution in [0.4, 0.5) is 5.69 Å². The van der Waals surface area contributed by atoms with Crippen LogP contribution in [0, 0.1) is 6.92 Å². The number of aryl methyl sites for hydroxylation is 1. The molecule has 0 aliphatic heterocycles. The lowest BCUT2D eigenvalue weighted by atomic mass is 10.2. The second-order valence-corrected chi connectivity index (χ2v) is 10.9. The number of sulfonamides is 1. The fourth-order valence-corrected chi connectivity index (χ4v) is 5.49. The summed E-state index contributed by atoms with van der Waals surface area (Å²) in [6, 6.07) is 19.8. The van der Waals surface area contributed by atoms with Crippen molar-refractivity contribution in [2.75, 3.05) is 10.8 Å². The maximum Gasteiger partial charge on any atom is 0.264 e. The molecule has 1 aromatic heterocycles. The van der Waals surface area contributed by atoms with Crippen molar-refractivity contribution >= 4 is 73.5 Å². The van der Waals surface area contributed by atoms with Gasteiger partial charge in [0.05, 0.1) is 22.3 Å². The molecule has 0 bridgehead atoms. The fourth-order valence-electron chi connectivity index (χ4n) is 3.37. The Morgan fingerprint density at radius 2 is 1.67 bits per heavy atom. The van der Waals surface area contributed by atoms with Crippen molar-refractivity contribution in [1.29, 1.82) is 0 Å². The van der Waals surface area contributed by atoms with Gasteiger partial charge in [0.1, 0.15) is 11.7 Å². The van der Waals surface area contributed by atoms with Gasteiger partial charge in [-0.25, -0.2) is 18.8 Å². The van der Waals surface area contributed by atoms with Gasteiger partial charge in [0, 0.05) is 21.0 Å². The Kier molecular flexibility index (Phi) is 7.80. The molecule has 4 aromatic rings. The number of pyridine rings is 1. The Bertz CT molecular complexity index is 1560. The van der Waals surface area contributed by atoms with E-state index in [0.29, 0.717) is 5.56 Å². The molecule has 11 heteroatoms. The van der Waals surface area contributed by atoms with Gasteiger partial charge >= 0.3 is 0 Å². The van der Waals surface area contributed by atoms with Gasteiger partial charge in [-0.05, 0) is 49.4 Å². The standard InChI is InChI=1S/C25H19Cl3N4O3S/c1-16-6-8-22(9-7-16)36(34,35)32(21-12-19(26)11-20(27)13-21)15-24(33)31-29-14-18-10-17-4-2-3-5-23(17)30-25(18)28/h2-14H,15H2,1H3,(H,31,33)/b29-14+. The van der Waals surface area contributed by atoms with Crippen molar-refractivity contribution in [2.24, 2.45) is 5.10 Å². The van der Waals surface area contributed by atoms with Gasteiger partial charge < -0.3 is 0 Å². The molecule has 0 unspecified atom stereocenters. The number of fused-ring (bicyclic) bond motifs is 1. The van der Waals surface area contributed by atoms with Gasteiger partial charge in [-0.2, -0.15) is 5.10 Å². The molecule has 36 heavy (non-hydrogen) atoms. The van der Waals surface area contributed by atoms with Crippen LogP contribution in [-0.4, -0.2) is 32.1 Å². The summed E-state index contributed by atoms with van der Waals surface area (Å²) in [6.07, 6.45) is 1.34. The fraction of sp³-hybridized carbons (Fsp3) is 0.0800. The Balaban J connectivity index is 1.59. The second-order valence-electron chi connectivity index (χ2n) is 7.81. The minimum absolute atomic E-state index is 0.00881. The molecular weight excluding hydrogens is 543 g/mol. The lowest BCUT2D eigenvalue weighted by molar-refractivity contribution is -0.119. The Morgan fingerprint density at radius 3 is 2.36 bits per heavy atom.